The predicted octanol–water partition coefficient (Wildman–Crippen LogP) is 4.15. The molecule has 0 radical (unpaired) electrons. The molecule has 0 heterocycles. The van der Waals surface area contributed by atoms with Crippen molar-refractivity contribution in [2.75, 3.05) is 11.4 Å². The minimum absolute atomic E-state index is 0.778. The highest BCUT2D eigenvalue weighted by atomic mass is 15.2. The molecule has 0 bridgehead atoms. The molecule has 0 aromatic heterocycles. The molecule has 1 saturated carbocycles. The van der Waals surface area contributed by atoms with Crippen LogP contribution in [0.1, 0.15) is 44.6 Å². The van der Waals surface area contributed by atoms with E-state index in [9.17, 15) is 0 Å². The van der Waals surface area contributed by atoms with Crippen LogP contribution >= 0.6 is 0 Å². The Balaban J connectivity index is 2.14. The van der Waals surface area contributed by atoms with Crippen LogP contribution in [0.2, 0.25) is 0 Å². The molecule has 1 nitrogen and oxygen atoms in total. The first kappa shape index (κ1) is 11.5. The zero-order valence-electron chi connectivity index (χ0n) is 10.6. The van der Waals surface area contributed by atoms with Crippen molar-refractivity contribution in [2.24, 2.45) is 0 Å². The second kappa shape index (κ2) is 5.38. The van der Waals surface area contributed by atoms with Crippen LogP contribution in [0.5, 0.6) is 0 Å². The van der Waals surface area contributed by atoms with Gasteiger partial charge in [0.2, 0.25) is 0 Å². The van der Waals surface area contributed by atoms with Gasteiger partial charge in [-0.25, -0.2) is 0 Å². The van der Waals surface area contributed by atoms with Crippen LogP contribution in [0, 0.1) is 6.92 Å². The van der Waals surface area contributed by atoms with Crippen molar-refractivity contribution in [3.63, 3.8) is 0 Å². The monoisotopic (exact) mass is 217 g/mol. The van der Waals surface area contributed by atoms with E-state index in [1.165, 1.54) is 43.4 Å². The van der Waals surface area contributed by atoms with Crippen LogP contribution in [0.25, 0.3) is 0 Å². The Labute approximate surface area is 99.5 Å². The lowest BCUT2D eigenvalue weighted by atomic mass is 9.93. The Morgan fingerprint density at radius 2 is 1.94 bits per heavy atom. The average Bonchev–Trinajstić information content (AvgIpc) is 2.31. The van der Waals surface area contributed by atoms with Crippen LogP contribution < -0.4 is 4.90 Å². The third-order valence-corrected chi connectivity index (χ3v) is 3.69. The summed E-state index contributed by atoms with van der Waals surface area (Å²) in [5.41, 5.74) is 2.78. The van der Waals surface area contributed by atoms with E-state index in [4.69, 9.17) is 0 Å². The Hall–Kier alpha value is -0.980. The van der Waals surface area contributed by atoms with Crippen LogP contribution in [0.15, 0.2) is 24.3 Å². The normalized spacial score (nSPS) is 17.4. The molecule has 1 fully saturated rings. The quantitative estimate of drug-likeness (QED) is 0.735. The molecular formula is C15H23N. The molecule has 0 unspecified atom stereocenters. The molecule has 0 aliphatic heterocycles. The van der Waals surface area contributed by atoms with Gasteiger partial charge in [0.05, 0.1) is 0 Å². The molecule has 88 valence electrons. The molecule has 1 aromatic rings. The second-order valence-electron chi connectivity index (χ2n) is 4.92. The minimum atomic E-state index is 0.778. The maximum Gasteiger partial charge on any atom is 0.0371 e. The molecule has 0 spiro atoms. The fraction of sp³-hybridized carbons (Fsp3) is 0.600. The molecule has 1 aliphatic rings. The number of nitrogens with zero attached hydrogens (tertiary/aromatic N) is 1. The highest BCUT2D eigenvalue weighted by Crippen LogP contribution is 2.27. The smallest absolute Gasteiger partial charge is 0.0371 e. The zero-order chi connectivity index (χ0) is 11.4. The first-order chi connectivity index (χ1) is 7.81. The van der Waals surface area contributed by atoms with E-state index in [2.05, 4.69) is 43.0 Å². The summed E-state index contributed by atoms with van der Waals surface area (Å²) in [5, 5.41) is 0. The maximum atomic E-state index is 2.59. The van der Waals surface area contributed by atoms with Crippen molar-refractivity contribution in [1.29, 1.82) is 0 Å². The van der Waals surface area contributed by atoms with Crippen molar-refractivity contribution in [3.05, 3.63) is 29.8 Å². The second-order valence-corrected chi connectivity index (χ2v) is 4.92. The van der Waals surface area contributed by atoms with Crippen LogP contribution in [0.3, 0.4) is 0 Å². The van der Waals surface area contributed by atoms with Gasteiger partial charge in [-0.15, -0.1) is 0 Å². The van der Waals surface area contributed by atoms with Gasteiger partial charge in [-0.3, -0.25) is 0 Å². The average molecular weight is 217 g/mol. The first-order valence-corrected chi connectivity index (χ1v) is 6.64. The summed E-state index contributed by atoms with van der Waals surface area (Å²) >= 11 is 0. The van der Waals surface area contributed by atoms with Gasteiger partial charge in [0.25, 0.3) is 0 Å². The maximum absolute atomic E-state index is 2.59. The summed E-state index contributed by atoms with van der Waals surface area (Å²) in [6, 6.07) is 9.71. The number of benzene rings is 1. The molecule has 1 aliphatic carbocycles. The lowest BCUT2D eigenvalue weighted by Gasteiger charge is -2.35. The summed E-state index contributed by atoms with van der Waals surface area (Å²) < 4.78 is 0. The molecule has 2 rings (SSSR count). The van der Waals surface area contributed by atoms with E-state index >= 15 is 0 Å². The minimum Gasteiger partial charge on any atom is -0.369 e. The lowest BCUT2D eigenvalue weighted by molar-refractivity contribution is 0.418. The third-order valence-electron chi connectivity index (χ3n) is 3.69. The highest BCUT2D eigenvalue weighted by molar-refractivity contribution is 5.49. The molecular weight excluding hydrogens is 194 g/mol. The van der Waals surface area contributed by atoms with Crippen molar-refractivity contribution in [3.8, 4) is 0 Å². The Morgan fingerprint density at radius 3 is 2.56 bits per heavy atom. The lowest BCUT2D eigenvalue weighted by Crippen LogP contribution is -2.36. The highest BCUT2D eigenvalue weighted by Gasteiger charge is 2.19. The standard InChI is InChI=1S/C15H23N/c1-3-16(14-9-5-4-6-10-14)15-11-7-8-13(2)12-15/h7-8,11-12,14H,3-6,9-10H2,1-2H3. The van der Waals surface area contributed by atoms with Gasteiger partial charge >= 0.3 is 0 Å². The van der Waals surface area contributed by atoms with Gasteiger partial charge in [0, 0.05) is 18.3 Å². The van der Waals surface area contributed by atoms with E-state index in [0.717, 1.165) is 12.6 Å². The predicted molar refractivity (Wildman–Crippen MR) is 71.1 cm³/mol. The van der Waals surface area contributed by atoms with Crippen molar-refractivity contribution in [2.45, 2.75) is 52.0 Å². The van der Waals surface area contributed by atoms with E-state index in [1.807, 2.05) is 0 Å². The Morgan fingerprint density at radius 1 is 1.19 bits per heavy atom. The molecule has 1 heteroatoms. The summed E-state index contributed by atoms with van der Waals surface area (Å²) in [6.45, 7) is 5.59. The van der Waals surface area contributed by atoms with E-state index in [1.54, 1.807) is 0 Å². The molecule has 0 N–H and O–H groups in total. The molecule has 0 amide bonds. The summed E-state index contributed by atoms with van der Waals surface area (Å²) in [4.78, 5) is 2.59. The van der Waals surface area contributed by atoms with Gasteiger partial charge in [-0.1, -0.05) is 31.4 Å². The van der Waals surface area contributed by atoms with Gasteiger partial charge in [0.1, 0.15) is 0 Å². The van der Waals surface area contributed by atoms with Gasteiger partial charge in [-0.2, -0.15) is 0 Å². The summed E-state index contributed by atoms with van der Waals surface area (Å²) in [7, 11) is 0. The Kier molecular flexibility index (Phi) is 3.87. The number of hydrogen-bond acceptors (Lipinski definition) is 1. The number of aryl methyl sites for hydroxylation is 1. The Bertz CT molecular complexity index is 326. The van der Waals surface area contributed by atoms with Gasteiger partial charge < -0.3 is 4.90 Å². The van der Waals surface area contributed by atoms with Crippen molar-refractivity contribution >= 4 is 5.69 Å². The van der Waals surface area contributed by atoms with Crippen LogP contribution in [0.4, 0.5) is 5.69 Å². The van der Waals surface area contributed by atoms with E-state index < -0.39 is 0 Å². The van der Waals surface area contributed by atoms with E-state index in [0.29, 0.717) is 0 Å². The number of hydrogen-bond donors (Lipinski definition) is 0. The SMILES string of the molecule is CCN(c1cccc(C)c1)C1CCCCC1. The molecule has 0 atom stereocenters. The van der Waals surface area contributed by atoms with Gasteiger partial charge in [-0.05, 0) is 44.4 Å². The molecule has 1 aromatic carbocycles. The first-order valence-electron chi connectivity index (χ1n) is 6.64. The summed E-state index contributed by atoms with van der Waals surface area (Å²) in [5.74, 6) is 0. The topological polar surface area (TPSA) is 3.24 Å². The third kappa shape index (κ3) is 2.58. The van der Waals surface area contributed by atoms with Crippen molar-refractivity contribution < 1.29 is 0 Å². The van der Waals surface area contributed by atoms with Crippen LogP contribution in [-0.2, 0) is 0 Å². The van der Waals surface area contributed by atoms with Crippen LogP contribution in [-0.4, -0.2) is 12.6 Å². The summed E-state index contributed by atoms with van der Waals surface area (Å²) in [6.07, 6.45) is 7.01. The zero-order valence-corrected chi connectivity index (χ0v) is 10.6. The number of rotatable bonds is 3. The molecule has 16 heavy (non-hydrogen) atoms. The number of anilines is 1. The van der Waals surface area contributed by atoms with E-state index in [-0.39, 0.29) is 0 Å². The largest absolute Gasteiger partial charge is 0.369 e. The van der Waals surface area contributed by atoms with Crippen molar-refractivity contribution in [1.82, 2.24) is 0 Å². The molecule has 0 saturated heterocycles. The van der Waals surface area contributed by atoms with Gasteiger partial charge in [0.15, 0.2) is 0 Å². The fourth-order valence-electron chi connectivity index (χ4n) is 2.85. The fourth-order valence-corrected chi connectivity index (χ4v) is 2.85.